The fraction of sp³-hybridized carbons (Fsp3) is 0.294. The molecule has 118 valence electrons. The predicted molar refractivity (Wildman–Crippen MR) is 93.7 cm³/mol. The maximum absolute atomic E-state index is 12.8. The lowest BCUT2D eigenvalue weighted by molar-refractivity contribution is 0.0577. The van der Waals surface area contributed by atoms with Crippen molar-refractivity contribution in [2.45, 2.75) is 25.3 Å². The number of thiazole rings is 1. The maximum Gasteiger partial charge on any atom is 0.290 e. The highest BCUT2D eigenvalue weighted by atomic mass is 79.9. The van der Waals surface area contributed by atoms with Gasteiger partial charge in [-0.2, -0.15) is 0 Å². The first-order valence-corrected chi connectivity index (χ1v) is 9.25. The number of hydrogen-bond acceptors (Lipinski definition) is 4. The standard InChI is InChI=1S/C17H15BrN2O2S/c18-15-9-8-13(22-15)17(21)20-10-4-3-6-12(20)16-19-11-5-1-2-7-14(11)23-16/h1-2,5,7-9,12H,3-4,6,10H2. The molecule has 1 aliphatic heterocycles. The average molecular weight is 391 g/mol. The van der Waals surface area contributed by atoms with E-state index in [0.717, 1.165) is 36.3 Å². The number of amides is 1. The first kappa shape index (κ1) is 14.9. The molecule has 1 unspecified atom stereocenters. The van der Waals surface area contributed by atoms with Crippen LogP contribution < -0.4 is 0 Å². The van der Waals surface area contributed by atoms with Crippen LogP contribution in [0.1, 0.15) is 40.9 Å². The molecule has 0 aliphatic carbocycles. The van der Waals surface area contributed by atoms with Gasteiger partial charge in [-0.3, -0.25) is 4.79 Å². The highest BCUT2D eigenvalue weighted by Gasteiger charge is 2.32. The number of nitrogens with zero attached hydrogens (tertiary/aromatic N) is 2. The van der Waals surface area contributed by atoms with Crippen LogP contribution >= 0.6 is 27.3 Å². The second-order valence-corrected chi connectivity index (χ2v) is 7.48. The molecular weight excluding hydrogens is 376 g/mol. The van der Waals surface area contributed by atoms with Crippen molar-refractivity contribution in [2.75, 3.05) is 6.54 Å². The minimum atomic E-state index is -0.0559. The number of aromatic nitrogens is 1. The molecule has 4 rings (SSSR count). The summed E-state index contributed by atoms with van der Waals surface area (Å²) in [5.74, 6) is 0.324. The molecule has 1 aromatic carbocycles. The van der Waals surface area contributed by atoms with Crippen molar-refractivity contribution in [3.05, 3.63) is 51.8 Å². The van der Waals surface area contributed by atoms with Gasteiger partial charge < -0.3 is 9.32 Å². The Morgan fingerprint density at radius 2 is 2.13 bits per heavy atom. The summed E-state index contributed by atoms with van der Waals surface area (Å²) < 4.78 is 7.20. The average Bonchev–Trinajstić information content (AvgIpc) is 3.20. The molecule has 1 fully saturated rings. The van der Waals surface area contributed by atoms with Crippen LogP contribution in [-0.2, 0) is 0 Å². The number of carbonyl (C=O) groups is 1. The van der Waals surface area contributed by atoms with Crippen LogP contribution in [0.5, 0.6) is 0 Å². The zero-order chi connectivity index (χ0) is 15.8. The van der Waals surface area contributed by atoms with E-state index in [0.29, 0.717) is 10.4 Å². The van der Waals surface area contributed by atoms with Gasteiger partial charge in [0.15, 0.2) is 10.4 Å². The van der Waals surface area contributed by atoms with Crippen LogP contribution in [0.15, 0.2) is 45.5 Å². The van der Waals surface area contributed by atoms with E-state index >= 15 is 0 Å². The number of halogens is 1. The highest BCUT2D eigenvalue weighted by Crippen LogP contribution is 2.36. The lowest BCUT2D eigenvalue weighted by atomic mass is 10.0. The van der Waals surface area contributed by atoms with Gasteiger partial charge in [0.25, 0.3) is 5.91 Å². The molecule has 6 heteroatoms. The number of rotatable bonds is 2. The van der Waals surface area contributed by atoms with Gasteiger partial charge in [-0.15, -0.1) is 11.3 Å². The van der Waals surface area contributed by atoms with E-state index in [-0.39, 0.29) is 11.9 Å². The third-order valence-corrected chi connectivity index (χ3v) is 5.71. The number of fused-ring (bicyclic) bond motifs is 1. The number of benzene rings is 1. The second kappa shape index (κ2) is 6.09. The molecule has 23 heavy (non-hydrogen) atoms. The monoisotopic (exact) mass is 390 g/mol. The molecule has 4 nitrogen and oxygen atoms in total. The van der Waals surface area contributed by atoms with E-state index in [4.69, 9.17) is 9.40 Å². The molecular formula is C17H15BrN2O2S. The number of hydrogen-bond donors (Lipinski definition) is 0. The summed E-state index contributed by atoms with van der Waals surface area (Å²) in [4.78, 5) is 19.5. The number of furan rings is 1. The predicted octanol–water partition coefficient (Wildman–Crippen LogP) is 5.02. The minimum absolute atomic E-state index is 0.0394. The number of piperidine rings is 1. The topological polar surface area (TPSA) is 46.3 Å². The zero-order valence-electron chi connectivity index (χ0n) is 12.4. The van der Waals surface area contributed by atoms with Crippen LogP contribution in [0.3, 0.4) is 0 Å². The largest absolute Gasteiger partial charge is 0.444 e. The Hall–Kier alpha value is -1.66. The Morgan fingerprint density at radius 3 is 2.91 bits per heavy atom. The van der Waals surface area contributed by atoms with Gasteiger partial charge in [0.05, 0.1) is 16.3 Å². The van der Waals surface area contributed by atoms with Crippen LogP contribution in [0.2, 0.25) is 0 Å². The number of carbonyl (C=O) groups excluding carboxylic acids is 1. The van der Waals surface area contributed by atoms with Crippen molar-refractivity contribution >= 4 is 43.4 Å². The lowest BCUT2D eigenvalue weighted by Crippen LogP contribution is -2.38. The molecule has 1 amide bonds. The van der Waals surface area contributed by atoms with Gasteiger partial charge in [-0.05, 0) is 59.5 Å². The first-order valence-electron chi connectivity index (χ1n) is 7.64. The Bertz CT molecular complexity index is 824. The Kier molecular flexibility index (Phi) is 3.95. The van der Waals surface area contributed by atoms with Crippen molar-refractivity contribution in [1.29, 1.82) is 0 Å². The molecule has 0 bridgehead atoms. The summed E-state index contributed by atoms with van der Waals surface area (Å²) in [7, 11) is 0. The summed E-state index contributed by atoms with van der Waals surface area (Å²) in [6, 6.07) is 11.6. The first-order chi connectivity index (χ1) is 11.2. The van der Waals surface area contributed by atoms with Crippen LogP contribution in [0, 0.1) is 0 Å². The van der Waals surface area contributed by atoms with Crippen molar-refractivity contribution < 1.29 is 9.21 Å². The van der Waals surface area contributed by atoms with Gasteiger partial charge >= 0.3 is 0 Å². The number of likely N-dealkylation sites (tertiary alicyclic amines) is 1. The lowest BCUT2D eigenvalue weighted by Gasteiger charge is -2.33. The van der Waals surface area contributed by atoms with Gasteiger partial charge in [-0.1, -0.05) is 12.1 Å². The van der Waals surface area contributed by atoms with E-state index in [1.54, 1.807) is 23.5 Å². The highest BCUT2D eigenvalue weighted by molar-refractivity contribution is 9.10. The molecule has 2 aromatic heterocycles. The zero-order valence-corrected chi connectivity index (χ0v) is 14.8. The third-order valence-electron chi connectivity index (χ3n) is 4.14. The maximum atomic E-state index is 12.8. The van der Waals surface area contributed by atoms with E-state index < -0.39 is 0 Å². The minimum Gasteiger partial charge on any atom is -0.444 e. The van der Waals surface area contributed by atoms with Crippen LogP contribution in [-0.4, -0.2) is 22.3 Å². The molecule has 1 aliphatic rings. The smallest absolute Gasteiger partial charge is 0.290 e. The van der Waals surface area contributed by atoms with Crippen molar-refractivity contribution in [1.82, 2.24) is 9.88 Å². The molecule has 3 heterocycles. The van der Waals surface area contributed by atoms with E-state index in [1.165, 1.54) is 4.70 Å². The molecule has 1 saturated heterocycles. The van der Waals surface area contributed by atoms with Crippen LogP contribution in [0.25, 0.3) is 10.2 Å². The summed E-state index contributed by atoms with van der Waals surface area (Å²) >= 11 is 4.94. The van der Waals surface area contributed by atoms with Gasteiger partial charge in [0.2, 0.25) is 0 Å². The molecule has 1 atom stereocenters. The second-order valence-electron chi connectivity index (χ2n) is 5.63. The Labute approximate surface area is 146 Å². The number of para-hydroxylation sites is 1. The SMILES string of the molecule is O=C(c1ccc(Br)o1)N1CCCCC1c1nc2ccccc2s1. The summed E-state index contributed by atoms with van der Waals surface area (Å²) in [5, 5.41) is 1.02. The molecule has 0 radical (unpaired) electrons. The fourth-order valence-corrected chi connectivity index (χ4v) is 4.46. The van der Waals surface area contributed by atoms with Crippen molar-refractivity contribution in [3.63, 3.8) is 0 Å². The normalized spacial score (nSPS) is 18.5. The van der Waals surface area contributed by atoms with E-state index in [1.807, 2.05) is 23.1 Å². The summed E-state index contributed by atoms with van der Waals surface area (Å²) in [5.41, 5.74) is 1.01. The molecule has 0 spiro atoms. The van der Waals surface area contributed by atoms with E-state index in [9.17, 15) is 4.79 Å². The fourth-order valence-electron chi connectivity index (χ4n) is 3.03. The van der Waals surface area contributed by atoms with Crippen molar-refractivity contribution in [2.24, 2.45) is 0 Å². The molecule has 3 aromatic rings. The Morgan fingerprint density at radius 1 is 1.26 bits per heavy atom. The summed E-state index contributed by atoms with van der Waals surface area (Å²) in [6.45, 7) is 0.748. The molecule has 0 N–H and O–H groups in total. The summed E-state index contributed by atoms with van der Waals surface area (Å²) in [6.07, 6.45) is 3.09. The van der Waals surface area contributed by atoms with Gasteiger partial charge in [0.1, 0.15) is 5.01 Å². The van der Waals surface area contributed by atoms with Gasteiger partial charge in [-0.25, -0.2) is 4.98 Å². The van der Waals surface area contributed by atoms with Crippen LogP contribution in [0.4, 0.5) is 0 Å². The van der Waals surface area contributed by atoms with E-state index in [2.05, 4.69) is 22.0 Å². The molecule has 0 saturated carbocycles. The van der Waals surface area contributed by atoms with Crippen molar-refractivity contribution in [3.8, 4) is 0 Å². The Balaban J connectivity index is 1.68. The van der Waals surface area contributed by atoms with Gasteiger partial charge in [0, 0.05) is 6.54 Å². The quantitative estimate of drug-likeness (QED) is 0.616. The third kappa shape index (κ3) is 2.81.